The van der Waals surface area contributed by atoms with Gasteiger partial charge >= 0.3 is 5.97 Å². The average molecular weight is 295 g/mol. The number of nitrogens with one attached hydrogen (secondary N) is 1. The minimum absolute atomic E-state index is 0.00192. The third-order valence-electron chi connectivity index (χ3n) is 2.83. The summed E-state index contributed by atoms with van der Waals surface area (Å²) < 4.78 is 10.7. The number of amides is 1. The second-order valence-corrected chi connectivity index (χ2v) is 4.41. The number of carbonyl (C=O) groups is 2. The third-order valence-corrected chi connectivity index (χ3v) is 2.83. The van der Waals surface area contributed by atoms with Crippen LogP contribution in [0.25, 0.3) is 0 Å². The predicted octanol–water partition coefficient (Wildman–Crippen LogP) is 1.62. The molecular weight excluding hydrogens is 274 g/mol. The van der Waals surface area contributed by atoms with Gasteiger partial charge in [-0.1, -0.05) is 6.07 Å². The number of rotatable bonds is 9. The molecule has 0 spiro atoms. The largest absolute Gasteiger partial charge is 0.493 e. The molecule has 0 saturated heterocycles. The van der Waals surface area contributed by atoms with Crippen LogP contribution >= 0.6 is 0 Å². The number of ether oxygens (including phenoxy) is 2. The van der Waals surface area contributed by atoms with Gasteiger partial charge in [0.2, 0.25) is 5.91 Å². The number of benzene rings is 1. The summed E-state index contributed by atoms with van der Waals surface area (Å²) >= 11 is 0. The van der Waals surface area contributed by atoms with Crippen molar-refractivity contribution in [1.29, 1.82) is 0 Å². The lowest BCUT2D eigenvalue weighted by Gasteiger charge is -2.11. The van der Waals surface area contributed by atoms with Crippen LogP contribution in [0.2, 0.25) is 0 Å². The molecule has 116 valence electrons. The molecule has 6 heteroatoms. The number of hydrogen-bond donors (Lipinski definition) is 2. The van der Waals surface area contributed by atoms with Gasteiger partial charge in [-0.3, -0.25) is 9.59 Å². The number of hydrogen-bond acceptors (Lipinski definition) is 4. The monoisotopic (exact) mass is 295 g/mol. The molecule has 1 aromatic carbocycles. The van der Waals surface area contributed by atoms with Crippen LogP contribution in [-0.4, -0.2) is 37.2 Å². The maximum absolute atomic E-state index is 11.4. The fourth-order valence-corrected chi connectivity index (χ4v) is 1.80. The van der Waals surface area contributed by atoms with Gasteiger partial charge < -0.3 is 19.9 Å². The summed E-state index contributed by atoms with van der Waals surface area (Å²) in [4.78, 5) is 21.7. The van der Waals surface area contributed by atoms with Crippen molar-refractivity contribution in [3.63, 3.8) is 0 Å². The summed E-state index contributed by atoms with van der Waals surface area (Å²) in [6.07, 6.45) is 0.492. The lowest BCUT2D eigenvalue weighted by atomic mass is 10.1. The highest BCUT2D eigenvalue weighted by Gasteiger charge is 2.07. The highest BCUT2D eigenvalue weighted by Crippen LogP contribution is 2.28. The smallest absolute Gasteiger partial charge is 0.303 e. The van der Waals surface area contributed by atoms with Gasteiger partial charge in [-0.05, 0) is 31.0 Å². The van der Waals surface area contributed by atoms with Crippen LogP contribution in [0.3, 0.4) is 0 Å². The lowest BCUT2D eigenvalue weighted by Crippen LogP contribution is -2.26. The highest BCUT2D eigenvalue weighted by molar-refractivity contribution is 5.80. The third kappa shape index (κ3) is 6.16. The fourth-order valence-electron chi connectivity index (χ4n) is 1.80. The standard InChI is InChI=1S/C15H21NO5/c1-3-21-12-5-4-11(10-13(12)20-2)8-9-16-14(17)6-7-15(18)19/h4-5,10H,3,6-9H2,1-2H3,(H,16,17)(H,18,19). The Balaban J connectivity index is 2.45. The van der Waals surface area contributed by atoms with Crippen LogP contribution in [0.15, 0.2) is 18.2 Å². The molecule has 1 aromatic rings. The Kier molecular flexibility index (Phi) is 7.08. The van der Waals surface area contributed by atoms with Crippen molar-refractivity contribution in [2.24, 2.45) is 0 Å². The molecule has 0 bridgehead atoms. The quantitative estimate of drug-likeness (QED) is 0.723. The molecule has 0 aliphatic heterocycles. The van der Waals surface area contributed by atoms with Crippen molar-refractivity contribution in [1.82, 2.24) is 5.32 Å². The Morgan fingerprint density at radius 2 is 2.00 bits per heavy atom. The van der Waals surface area contributed by atoms with E-state index in [1.54, 1.807) is 7.11 Å². The zero-order chi connectivity index (χ0) is 15.7. The molecule has 0 fully saturated rings. The molecule has 0 atom stereocenters. The SMILES string of the molecule is CCOc1ccc(CCNC(=O)CCC(=O)O)cc1OC. The van der Waals surface area contributed by atoms with E-state index in [-0.39, 0.29) is 18.7 Å². The minimum Gasteiger partial charge on any atom is -0.493 e. The first kappa shape index (κ1) is 16.8. The van der Waals surface area contributed by atoms with E-state index >= 15 is 0 Å². The van der Waals surface area contributed by atoms with Crippen molar-refractivity contribution in [2.45, 2.75) is 26.2 Å². The number of carboxylic acid groups (broad SMARTS) is 1. The maximum atomic E-state index is 11.4. The molecule has 0 aliphatic rings. The van der Waals surface area contributed by atoms with E-state index in [1.807, 2.05) is 25.1 Å². The zero-order valence-electron chi connectivity index (χ0n) is 12.3. The molecular formula is C15H21NO5. The Bertz CT molecular complexity index is 487. The fraction of sp³-hybridized carbons (Fsp3) is 0.467. The number of aliphatic carboxylic acids is 1. The molecule has 21 heavy (non-hydrogen) atoms. The predicted molar refractivity (Wildman–Crippen MR) is 77.7 cm³/mol. The summed E-state index contributed by atoms with van der Waals surface area (Å²) in [7, 11) is 1.58. The van der Waals surface area contributed by atoms with E-state index in [9.17, 15) is 9.59 Å². The molecule has 0 radical (unpaired) electrons. The van der Waals surface area contributed by atoms with Gasteiger partial charge in [0, 0.05) is 13.0 Å². The number of methoxy groups -OCH3 is 1. The van der Waals surface area contributed by atoms with E-state index < -0.39 is 5.97 Å². The number of carboxylic acids is 1. The van der Waals surface area contributed by atoms with Gasteiger partial charge in [-0.2, -0.15) is 0 Å². The molecule has 0 saturated carbocycles. The lowest BCUT2D eigenvalue weighted by molar-refractivity contribution is -0.138. The first-order valence-corrected chi connectivity index (χ1v) is 6.85. The molecule has 0 aromatic heterocycles. The van der Waals surface area contributed by atoms with E-state index in [1.165, 1.54) is 0 Å². The van der Waals surface area contributed by atoms with Crippen molar-refractivity contribution in [3.8, 4) is 11.5 Å². The molecule has 2 N–H and O–H groups in total. The van der Waals surface area contributed by atoms with Gasteiger partial charge in [-0.25, -0.2) is 0 Å². The van der Waals surface area contributed by atoms with Crippen LogP contribution in [0.4, 0.5) is 0 Å². The number of carbonyl (C=O) groups excluding carboxylic acids is 1. The van der Waals surface area contributed by atoms with Crippen LogP contribution in [0.5, 0.6) is 11.5 Å². The maximum Gasteiger partial charge on any atom is 0.303 e. The van der Waals surface area contributed by atoms with E-state index in [0.29, 0.717) is 31.1 Å². The second kappa shape index (κ2) is 8.84. The summed E-state index contributed by atoms with van der Waals surface area (Å²) in [6.45, 7) is 2.92. The molecule has 1 rings (SSSR count). The van der Waals surface area contributed by atoms with Crippen LogP contribution < -0.4 is 14.8 Å². The molecule has 1 amide bonds. The van der Waals surface area contributed by atoms with Gasteiger partial charge in [0.05, 0.1) is 20.1 Å². The van der Waals surface area contributed by atoms with Gasteiger partial charge in [-0.15, -0.1) is 0 Å². The second-order valence-electron chi connectivity index (χ2n) is 4.41. The van der Waals surface area contributed by atoms with Gasteiger partial charge in [0.1, 0.15) is 0 Å². The minimum atomic E-state index is -0.971. The normalized spacial score (nSPS) is 10.0. The Morgan fingerprint density at radius 3 is 2.62 bits per heavy atom. The zero-order valence-corrected chi connectivity index (χ0v) is 12.3. The topological polar surface area (TPSA) is 84.9 Å². The van der Waals surface area contributed by atoms with Gasteiger partial charge in [0.25, 0.3) is 0 Å². The Morgan fingerprint density at radius 1 is 1.24 bits per heavy atom. The van der Waals surface area contributed by atoms with Crippen molar-refractivity contribution >= 4 is 11.9 Å². The van der Waals surface area contributed by atoms with E-state index in [2.05, 4.69) is 5.32 Å². The van der Waals surface area contributed by atoms with E-state index in [4.69, 9.17) is 14.6 Å². The van der Waals surface area contributed by atoms with Crippen LogP contribution in [0, 0.1) is 0 Å². The first-order valence-electron chi connectivity index (χ1n) is 6.85. The molecule has 0 aliphatic carbocycles. The summed E-state index contributed by atoms with van der Waals surface area (Å²) in [6, 6.07) is 5.62. The Hall–Kier alpha value is -2.24. The Labute approximate surface area is 124 Å². The van der Waals surface area contributed by atoms with Crippen molar-refractivity contribution < 1.29 is 24.2 Å². The van der Waals surface area contributed by atoms with E-state index in [0.717, 1.165) is 5.56 Å². The summed E-state index contributed by atoms with van der Waals surface area (Å²) in [5, 5.41) is 11.2. The molecule has 0 heterocycles. The average Bonchev–Trinajstić information content (AvgIpc) is 2.46. The van der Waals surface area contributed by atoms with Crippen LogP contribution in [0.1, 0.15) is 25.3 Å². The molecule has 6 nitrogen and oxygen atoms in total. The van der Waals surface area contributed by atoms with Crippen molar-refractivity contribution in [3.05, 3.63) is 23.8 Å². The first-order chi connectivity index (χ1) is 10.1. The summed E-state index contributed by atoms with van der Waals surface area (Å²) in [5.74, 6) is 0.123. The van der Waals surface area contributed by atoms with Gasteiger partial charge in [0.15, 0.2) is 11.5 Å². The highest BCUT2D eigenvalue weighted by atomic mass is 16.5. The molecule has 0 unspecified atom stereocenters. The van der Waals surface area contributed by atoms with Crippen LogP contribution in [-0.2, 0) is 16.0 Å². The van der Waals surface area contributed by atoms with Crippen molar-refractivity contribution in [2.75, 3.05) is 20.3 Å². The summed E-state index contributed by atoms with van der Waals surface area (Å²) in [5.41, 5.74) is 1.01.